The van der Waals surface area contributed by atoms with Gasteiger partial charge in [0.25, 0.3) is 5.91 Å². The molecule has 1 aliphatic heterocycles. The van der Waals surface area contributed by atoms with E-state index < -0.39 is 0 Å². The Kier molecular flexibility index (Phi) is 3.72. The Hall–Kier alpha value is -1.88. The smallest absolute Gasteiger partial charge is 0.269 e. The molecule has 17 heavy (non-hydrogen) atoms. The lowest BCUT2D eigenvalue weighted by atomic mass is 10.2. The summed E-state index contributed by atoms with van der Waals surface area (Å²) in [7, 11) is 0. The molecular formula is C12H14N2O3. The van der Waals surface area contributed by atoms with Crippen molar-refractivity contribution in [3.8, 4) is 5.75 Å². The van der Waals surface area contributed by atoms with Crippen LogP contribution in [0, 0.1) is 0 Å². The first kappa shape index (κ1) is 11.6. The van der Waals surface area contributed by atoms with Crippen LogP contribution in [-0.2, 0) is 9.53 Å². The van der Waals surface area contributed by atoms with E-state index in [0.717, 1.165) is 18.4 Å². The summed E-state index contributed by atoms with van der Waals surface area (Å²) in [4.78, 5) is 11.5. The Morgan fingerprint density at radius 2 is 2.24 bits per heavy atom. The lowest BCUT2D eigenvalue weighted by Gasteiger charge is -2.05. The van der Waals surface area contributed by atoms with Gasteiger partial charge >= 0.3 is 0 Å². The summed E-state index contributed by atoms with van der Waals surface area (Å²) in [6, 6.07) is 6.53. The van der Waals surface area contributed by atoms with Crippen molar-refractivity contribution in [3.05, 3.63) is 29.8 Å². The van der Waals surface area contributed by atoms with Gasteiger partial charge in [0.05, 0.1) is 6.21 Å². The molecule has 0 spiro atoms. The molecule has 1 amide bonds. The third-order valence-corrected chi connectivity index (χ3v) is 2.50. The maximum Gasteiger partial charge on any atom is 0.269 e. The van der Waals surface area contributed by atoms with Gasteiger partial charge in [-0.15, -0.1) is 0 Å². The number of hydrazone groups is 1. The van der Waals surface area contributed by atoms with Crippen molar-refractivity contribution in [3.63, 3.8) is 0 Å². The highest BCUT2D eigenvalue weighted by molar-refractivity contribution is 5.84. The van der Waals surface area contributed by atoms with Crippen LogP contribution in [0.4, 0.5) is 0 Å². The number of ether oxygens (including phenoxy) is 1. The number of phenols is 1. The maximum absolute atomic E-state index is 11.5. The van der Waals surface area contributed by atoms with E-state index in [0.29, 0.717) is 6.61 Å². The van der Waals surface area contributed by atoms with Crippen LogP contribution in [0.2, 0.25) is 0 Å². The van der Waals surface area contributed by atoms with Gasteiger partial charge in [-0.05, 0) is 42.7 Å². The predicted octanol–water partition coefficient (Wildman–Crippen LogP) is 1.02. The summed E-state index contributed by atoms with van der Waals surface area (Å²) in [5, 5.41) is 12.9. The standard InChI is InChI=1S/C12H14N2O3/c15-10-5-3-9(4-6-10)8-13-14-12(16)11-2-1-7-17-11/h3-6,8,11,15H,1-2,7H2,(H,14,16)/b13-8+/t11-/m0/s1. The molecule has 0 saturated carbocycles. The maximum atomic E-state index is 11.5. The first-order chi connectivity index (χ1) is 8.25. The molecule has 0 bridgehead atoms. The number of hydrogen-bond acceptors (Lipinski definition) is 4. The van der Waals surface area contributed by atoms with Crippen molar-refractivity contribution >= 4 is 12.1 Å². The fourth-order valence-electron chi connectivity index (χ4n) is 1.59. The zero-order valence-corrected chi connectivity index (χ0v) is 9.30. The second kappa shape index (κ2) is 5.45. The van der Waals surface area contributed by atoms with Crippen molar-refractivity contribution < 1.29 is 14.6 Å². The number of hydrogen-bond donors (Lipinski definition) is 2. The molecule has 1 atom stereocenters. The van der Waals surface area contributed by atoms with E-state index in [9.17, 15) is 4.79 Å². The lowest BCUT2D eigenvalue weighted by Crippen LogP contribution is -2.30. The summed E-state index contributed by atoms with van der Waals surface area (Å²) in [5.74, 6) is -0.0110. The Bertz CT molecular complexity index is 408. The second-order valence-corrected chi connectivity index (χ2v) is 3.83. The minimum absolute atomic E-state index is 0.200. The van der Waals surface area contributed by atoms with Gasteiger partial charge in [0.2, 0.25) is 0 Å². The van der Waals surface area contributed by atoms with Crippen molar-refractivity contribution in [1.29, 1.82) is 0 Å². The van der Waals surface area contributed by atoms with Crippen LogP contribution in [0.15, 0.2) is 29.4 Å². The van der Waals surface area contributed by atoms with E-state index in [-0.39, 0.29) is 17.8 Å². The molecule has 1 aromatic carbocycles. The number of carbonyl (C=O) groups excluding carboxylic acids is 1. The topological polar surface area (TPSA) is 70.9 Å². The van der Waals surface area contributed by atoms with Crippen LogP contribution in [-0.4, -0.2) is 29.9 Å². The van der Waals surface area contributed by atoms with Gasteiger partial charge in [0.15, 0.2) is 0 Å². The molecule has 5 heteroatoms. The summed E-state index contributed by atoms with van der Waals surface area (Å²) in [5.41, 5.74) is 3.23. The quantitative estimate of drug-likeness (QED) is 0.606. The highest BCUT2D eigenvalue weighted by Gasteiger charge is 2.22. The average molecular weight is 234 g/mol. The highest BCUT2D eigenvalue weighted by atomic mass is 16.5. The van der Waals surface area contributed by atoms with Crippen LogP contribution < -0.4 is 5.43 Å². The van der Waals surface area contributed by atoms with Gasteiger partial charge in [-0.2, -0.15) is 5.10 Å². The Morgan fingerprint density at radius 3 is 2.88 bits per heavy atom. The molecule has 1 heterocycles. The van der Waals surface area contributed by atoms with Crippen molar-refractivity contribution in [2.45, 2.75) is 18.9 Å². The summed E-state index contributed by atoms with van der Waals surface area (Å²) in [6.45, 7) is 0.639. The summed E-state index contributed by atoms with van der Waals surface area (Å²) >= 11 is 0. The third-order valence-electron chi connectivity index (χ3n) is 2.50. The fourth-order valence-corrected chi connectivity index (χ4v) is 1.59. The van der Waals surface area contributed by atoms with E-state index in [2.05, 4.69) is 10.5 Å². The number of phenolic OH excluding ortho intramolecular Hbond substituents is 1. The number of rotatable bonds is 3. The monoisotopic (exact) mass is 234 g/mol. The molecule has 90 valence electrons. The molecule has 1 aliphatic rings. The van der Waals surface area contributed by atoms with Gasteiger partial charge in [0.1, 0.15) is 11.9 Å². The van der Waals surface area contributed by atoms with E-state index in [1.165, 1.54) is 6.21 Å². The molecule has 1 fully saturated rings. The summed E-state index contributed by atoms with van der Waals surface area (Å²) in [6.07, 6.45) is 2.82. The van der Waals surface area contributed by atoms with Crippen LogP contribution in [0.25, 0.3) is 0 Å². The number of nitrogens with zero attached hydrogens (tertiary/aromatic N) is 1. The van der Waals surface area contributed by atoms with Crippen LogP contribution >= 0.6 is 0 Å². The normalized spacial score (nSPS) is 19.6. The molecule has 5 nitrogen and oxygen atoms in total. The summed E-state index contributed by atoms with van der Waals surface area (Å²) < 4.78 is 5.21. The minimum Gasteiger partial charge on any atom is -0.508 e. The zero-order valence-electron chi connectivity index (χ0n) is 9.30. The number of aromatic hydroxyl groups is 1. The van der Waals surface area contributed by atoms with Gasteiger partial charge in [0, 0.05) is 6.61 Å². The van der Waals surface area contributed by atoms with Gasteiger partial charge in [-0.3, -0.25) is 4.79 Å². The molecule has 0 radical (unpaired) electrons. The van der Waals surface area contributed by atoms with Gasteiger partial charge in [-0.25, -0.2) is 5.43 Å². The van der Waals surface area contributed by atoms with E-state index in [1.807, 2.05) is 0 Å². The SMILES string of the molecule is O=C(N/N=C/c1ccc(O)cc1)[C@@H]1CCCO1. The van der Waals surface area contributed by atoms with E-state index >= 15 is 0 Å². The number of amides is 1. The largest absolute Gasteiger partial charge is 0.508 e. The predicted molar refractivity (Wildman–Crippen MR) is 62.8 cm³/mol. The molecule has 2 N–H and O–H groups in total. The van der Waals surface area contributed by atoms with Gasteiger partial charge in [-0.1, -0.05) is 0 Å². The minimum atomic E-state index is -0.369. The van der Waals surface area contributed by atoms with Crippen molar-refractivity contribution in [2.24, 2.45) is 5.10 Å². The lowest BCUT2D eigenvalue weighted by molar-refractivity contribution is -0.130. The molecule has 1 aromatic rings. The Labute approximate surface area is 99.1 Å². The number of nitrogens with one attached hydrogen (secondary N) is 1. The first-order valence-electron chi connectivity index (χ1n) is 5.49. The fraction of sp³-hybridized carbons (Fsp3) is 0.333. The molecular weight excluding hydrogens is 220 g/mol. The Morgan fingerprint density at radius 1 is 1.47 bits per heavy atom. The van der Waals surface area contributed by atoms with Crippen molar-refractivity contribution in [2.75, 3.05) is 6.61 Å². The van der Waals surface area contributed by atoms with E-state index in [4.69, 9.17) is 9.84 Å². The average Bonchev–Trinajstić information content (AvgIpc) is 2.85. The Balaban J connectivity index is 1.84. The van der Waals surface area contributed by atoms with Crippen LogP contribution in [0.1, 0.15) is 18.4 Å². The zero-order chi connectivity index (χ0) is 12.1. The molecule has 0 unspecified atom stereocenters. The molecule has 2 rings (SSSR count). The molecule has 0 aliphatic carbocycles. The van der Waals surface area contributed by atoms with Gasteiger partial charge < -0.3 is 9.84 Å². The first-order valence-corrected chi connectivity index (χ1v) is 5.49. The van der Waals surface area contributed by atoms with Crippen molar-refractivity contribution in [1.82, 2.24) is 5.43 Å². The van der Waals surface area contributed by atoms with E-state index in [1.54, 1.807) is 24.3 Å². The number of benzene rings is 1. The number of carbonyl (C=O) groups is 1. The molecule has 1 saturated heterocycles. The molecule has 0 aromatic heterocycles. The van der Waals surface area contributed by atoms with Crippen LogP contribution in [0.5, 0.6) is 5.75 Å². The third kappa shape index (κ3) is 3.29. The van der Waals surface area contributed by atoms with Crippen LogP contribution in [0.3, 0.4) is 0 Å². The second-order valence-electron chi connectivity index (χ2n) is 3.83. The highest BCUT2D eigenvalue weighted by Crippen LogP contribution is 2.11.